The minimum atomic E-state index is 0.713. The molecule has 0 radical (unpaired) electrons. The molecule has 0 aromatic carbocycles. The summed E-state index contributed by atoms with van der Waals surface area (Å²) in [5.74, 6) is 3.63. The molecule has 0 spiro atoms. The number of furan rings is 1. The van der Waals surface area contributed by atoms with Crippen LogP contribution < -0.4 is 5.32 Å². The lowest BCUT2D eigenvalue weighted by Crippen LogP contribution is -2.48. The van der Waals surface area contributed by atoms with Gasteiger partial charge in [0.1, 0.15) is 11.5 Å². The molecule has 1 heterocycles. The van der Waals surface area contributed by atoms with Gasteiger partial charge in [0.2, 0.25) is 0 Å². The molecular weight excluding hydrogens is 236 g/mol. The molecule has 108 valence electrons. The topological polar surface area (TPSA) is 28.4 Å². The van der Waals surface area contributed by atoms with Crippen molar-refractivity contribution in [3.63, 3.8) is 0 Å². The maximum absolute atomic E-state index is 5.66. The van der Waals surface area contributed by atoms with Gasteiger partial charge < -0.3 is 9.73 Å². The Morgan fingerprint density at radius 3 is 2.68 bits per heavy atom. The zero-order valence-corrected chi connectivity index (χ0v) is 12.8. The van der Waals surface area contributed by atoms with Gasteiger partial charge in [-0.3, -0.25) is 4.90 Å². The Bertz CT molecular complexity index is 386. The number of hydrogen-bond donors (Lipinski definition) is 1. The van der Waals surface area contributed by atoms with Crippen LogP contribution in [0.25, 0.3) is 0 Å². The second kappa shape index (κ2) is 6.58. The SMILES string of the molecule is Cc1ccc(CN(C)C2CCC2CNCC(C)C)o1. The first-order valence-corrected chi connectivity index (χ1v) is 7.52. The van der Waals surface area contributed by atoms with Gasteiger partial charge >= 0.3 is 0 Å². The molecule has 2 rings (SSSR count). The molecule has 0 saturated heterocycles. The Balaban J connectivity index is 1.74. The Morgan fingerprint density at radius 1 is 1.37 bits per heavy atom. The molecule has 1 aromatic heterocycles. The first kappa shape index (κ1) is 14.6. The van der Waals surface area contributed by atoms with Gasteiger partial charge in [-0.25, -0.2) is 0 Å². The van der Waals surface area contributed by atoms with Crippen molar-refractivity contribution in [2.75, 3.05) is 20.1 Å². The molecule has 1 fully saturated rings. The van der Waals surface area contributed by atoms with Gasteiger partial charge in [-0.1, -0.05) is 13.8 Å². The summed E-state index contributed by atoms with van der Waals surface area (Å²) in [5.41, 5.74) is 0. The number of rotatable bonds is 7. The lowest BCUT2D eigenvalue weighted by Gasteiger charge is -2.42. The third-order valence-electron chi connectivity index (χ3n) is 4.10. The van der Waals surface area contributed by atoms with Crippen molar-refractivity contribution in [3.8, 4) is 0 Å². The maximum Gasteiger partial charge on any atom is 0.118 e. The summed E-state index contributed by atoms with van der Waals surface area (Å²) in [6.45, 7) is 9.74. The largest absolute Gasteiger partial charge is 0.465 e. The van der Waals surface area contributed by atoms with Gasteiger partial charge in [0.05, 0.1) is 6.54 Å². The fourth-order valence-electron chi connectivity index (χ4n) is 2.86. The normalized spacial score (nSPS) is 23.1. The van der Waals surface area contributed by atoms with E-state index in [1.165, 1.54) is 12.8 Å². The number of aryl methyl sites for hydroxylation is 1. The lowest BCUT2D eigenvalue weighted by molar-refractivity contribution is 0.0722. The molecule has 1 aliphatic carbocycles. The van der Waals surface area contributed by atoms with Crippen molar-refractivity contribution < 1.29 is 4.42 Å². The number of nitrogens with zero attached hydrogens (tertiary/aromatic N) is 1. The molecule has 1 saturated carbocycles. The Kier molecular flexibility index (Phi) is 5.06. The van der Waals surface area contributed by atoms with E-state index in [-0.39, 0.29) is 0 Å². The molecule has 2 unspecified atom stereocenters. The molecule has 1 aromatic rings. The molecule has 2 atom stereocenters. The summed E-state index contributed by atoms with van der Waals surface area (Å²) in [6.07, 6.45) is 2.68. The Morgan fingerprint density at radius 2 is 2.16 bits per heavy atom. The van der Waals surface area contributed by atoms with Crippen LogP contribution in [-0.2, 0) is 6.54 Å². The Hall–Kier alpha value is -0.800. The first-order chi connectivity index (χ1) is 9.06. The number of nitrogens with one attached hydrogen (secondary N) is 1. The molecular formula is C16H28N2O. The monoisotopic (exact) mass is 264 g/mol. The van der Waals surface area contributed by atoms with Gasteiger partial charge in [-0.2, -0.15) is 0 Å². The minimum Gasteiger partial charge on any atom is -0.465 e. The van der Waals surface area contributed by atoms with E-state index < -0.39 is 0 Å². The third-order valence-corrected chi connectivity index (χ3v) is 4.10. The lowest BCUT2D eigenvalue weighted by atomic mass is 9.78. The van der Waals surface area contributed by atoms with Crippen LogP contribution in [-0.4, -0.2) is 31.1 Å². The molecule has 19 heavy (non-hydrogen) atoms. The Labute approximate surface area is 117 Å². The maximum atomic E-state index is 5.66. The summed E-state index contributed by atoms with van der Waals surface area (Å²) < 4.78 is 5.66. The van der Waals surface area contributed by atoms with Crippen LogP contribution >= 0.6 is 0 Å². The van der Waals surface area contributed by atoms with Gasteiger partial charge in [-0.15, -0.1) is 0 Å². The van der Waals surface area contributed by atoms with Crippen LogP contribution in [0.4, 0.5) is 0 Å². The standard InChI is InChI=1S/C16H28N2O/c1-12(2)9-17-10-14-6-8-16(14)18(4)11-15-7-5-13(3)19-15/h5,7,12,14,16-17H,6,8-11H2,1-4H3. The summed E-state index contributed by atoms with van der Waals surface area (Å²) in [7, 11) is 2.22. The fourth-order valence-corrected chi connectivity index (χ4v) is 2.86. The summed E-state index contributed by atoms with van der Waals surface area (Å²) in [4.78, 5) is 2.45. The van der Waals surface area contributed by atoms with E-state index >= 15 is 0 Å². The average molecular weight is 264 g/mol. The van der Waals surface area contributed by atoms with E-state index in [1.54, 1.807) is 0 Å². The van der Waals surface area contributed by atoms with E-state index in [2.05, 4.69) is 37.2 Å². The summed E-state index contributed by atoms with van der Waals surface area (Å²) in [6, 6.07) is 4.85. The van der Waals surface area contributed by atoms with Gasteiger partial charge in [-0.05, 0) is 63.9 Å². The van der Waals surface area contributed by atoms with E-state index in [0.29, 0.717) is 6.04 Å². The van der Waals surface area contributed by atoms with Crippen LogP contribution in [0.15, 0.2) is 16.5 Å². The highest BCUT2D eigenvalue weighted by molar-refractivity contribution is 5.06. The molecule has 1 N–H and O–H groups in total. The molecule has 3 nitrogen and oxygen atoms in total. The van der Waals surface area contributed by atoms with E-state index in [9.17, 15) is 0 Å². The van der Waals surface area contributed by atoms with Crippen molar-refractivity contribution in [3.05, 3.63) is 23.7 Å². The van der Waals surface area contributed by atoms with Crippen molar-refractivity contribution in [1.29, 1.82) is 0 Å². The van der Waals surface area contributed by atoms with Crippen LogP contribution in [0, 0.1) is 18.8 Å². The first-order valence-electron chi connectivity index (χ1n) is 7.52. The third kappa shape index (κ3) is 4.08. The van der Waals surface area contributed by atoms with E-state index in [4.69, 9.17) is 4.42 Å². The van der Waals surface area contributed by atoms with E-state index in [0.717, 1.165) is 43.0 Å². The summed E-state index contributed by atoms with van der Waals surface area (Å²) >= 11 is 0. The van der Waals surface area contributed by atoms with Gasteiger partial charge in [0, 0.05) is 6.04 Å². The highest BCUT2D eigenvalue weighted by Crippen LogP contribution is 2.31. The fraction of sp³-hybridized carbons (Fsp3) is 0.750. The predicted octanol–water partition coefficient (Wildman–Crippen LogP) is 3.04. The highest BCUT2D eigenvalue weighted by Gasteiger charge is 2.33. The molecule has 0 amide bonds. The zero-order chi connectivity index (χ0) is 13.8. The zero-order valence-electron chi connectivity index (χ0n) is 12.8. The van der Waals surface area contributed by atoms with Crippen molar-refractivity contribution in [2.45, 2.75) is 46.2 Å². The second-order valence-electron chi connectivity index (χ2n) is 6.38. The van der Waals surface area contributed by atoms with Gasteiger partial charge in [0.15, 0.2) is 0 Å². The number of hydrogen-bond acceptors (Lipinski definition) is 3. The van der Waals surface area contributed by atoms with Crippen molar-refractivity contribution >= 4 is 0 Å². The molecule has 1 aliphatic rings. The molecule has 3 heteroatoms. The second-order valence-corrected chi connectivity index (χ2v) is 6.38. The van der Waals surface area contributed by atoms with Crippen LogP contribution in [0.3, 0.4) is 0 Å². The molecule has 0 aliphatic heterocycles. The van der Waals surface area contributed by atoms with Crippen LogP contribution in [0.1, 0.15) is 38.2 Å². The van der Waals surface area contributed by atoms with Crippen molar-refractivity contribution in [2.24, 2.45) is 11.8 Å². The highest BCUT2D eigenvalue weighted by atomic mass is 16.3. The minimum absolute atomic E-state index is 0.713. The molecule has 0 bridgehead atoms. The quantitative estimate of drug-likeness (QED) is 0.820. The average Bonchev–Trinajstić information content (AvgIpc) is 2.68. The van der Waals surface area contributed by atoms with E-state index in [1.807, 2.05) is 13.0 Å². The van der Waals surface area contributed by atoms with Gasteiger partial charge in [0.25, 0.3) is 0 Å². The predicted molar refractivity (Wildman–Crippen MR) is 79.1 cm³/mol. The summed E-state index contributed by atoms with van der Waals surface area (Å²) in [5, 5.41) is 3.59. The van der Waals surface area contributed by atoms with Crippen LogP contribution in [0.2, 0.25) is 0 Å². The van der Waals surface area contributed by atoms with Crippen LogP contribution in [0.5, 0.6) is 0 Å². The van der Waals surface area contributed by atoms with Crippen molar-refractivity contribution in [1.82, 2.24) is 10.2 Å². The smallest absolute Gasteiger partial charge is 0.118 e.